The van der Waals surface area contributed by atoms with E-state index in [4.69, 9.17) is 4.74 Å². The average molecular weight is 339 g/mol. The van der Waals surface area contributed by atoms with E-state index in [-0.39, 0.29) is 24.4 Å². The van der Waals surface area contributed by atoms with Crippen LogP contribution in [0.1, 0.15) is 24.7 Å². The third-order valence-corrected chi connectivity index (χ3v) is 4.46. The van der Waals surface area contributed by atoms with Gasteiger partial charge in [0.2, 0.25) is 0 Å². The monoisotopic (exact) mass is 339 g/mol. The number of aromatic amines is 1. The molecule has 2 aromatic carbocycles. The molecular weight excluding hydrogens is 321 g/mol. The first-order valence-corrected chi connectivity index (χ1v) is 8.33. The van der Waals surface area contributed by atoms with Gasteiger partial charge in [0.1, 0.15) is 17.4 Å². The number of para-hydroxylation sites is 1. The molecule has 1 atom stereocenters. The van der Waals surface area contributed by atoms with Crippen molar-refractivity contribution in [3.63, 3.8) is 0 Å². The third-order valence-electron chi connectivity index (χ3n) is 4.46. The van der Waals surface area contributed by atoms with Crippen LogP contribution in [-0.4, -0.2) is 33.9 Å². The Kier molecular flexibility index (Phi) is 4.09. The highest BCUT2D eigenvalue weighted by molar-refractivity contribution is 5.79. The highest BCUT2D eigenvalue weighted by Gasteiger charge is 2.32. The van der Waals surface area contributed by atoms with Crippen molar-refractivity contribution >= 4 is 16.9 Å². The minimum Gasteiger partial charge on any atom is -0.484 e. The lowest BCUT2D eigenvalue weighted by Gasteiger charge is -2.23. The molecule has 1 unspecified atom stereocenters. The molecule has 3 aromatic rings. The molecule has 6 heteroatoms. The fourth-order valence-electron chi connectivity index (χ4n) is 3.25. The SMILES string of the molecule is O=C(COc1ccccc1)N1CCCC1c1nc2ccc(F)cc2[nH]1. The standard InChI is InChI=1S/C19H18FN3O2/c20-13-8-9-15-16(11-13)22-19(21-15)17-7-4-10-23(17)18(24)12-25-14-5-2-1-3-6-14/h1-3,5-6,8-9,11,17H,4,7,10,12H2,(H,21,22). The molecule has 1 aliphatic rings. The number of nitrogens with one attached hydrogen (secondary N) is 1. The second-order valence-corrected chi connectivity index (χ2v) is 6.13. The number of fused-ring (bicyclic) bond motifs is 1. The fourth-order valence-corrected chi connectivity index (χ4v) is 3.25. The maximum atomic E-state index is 13.4. The molecule has 1 aromatic heterocycles. The van der Waals surface area contributed by atoms with Crippen molar-refractivity contribution in [2.45, 2.75) is 18.9 Å². The first kappa shape index (κ1) is 15.6. The normalized spacial score (nSPS) is 17.2. The van der Waals surface area contributed by atoms with Gasteiger partial charge in [-0.3, -0.25) is 4.79 Å². The second-order valence-electron chi connectivity index (χ2n) is 6.13. The molecule has 5 nitrogen and oxygen atoms in total. The Morgan fingerprint density at radius 2 is 2.12 bits per heavy atom. The lowest BCUT2D eigenvalue weighted by molar-refractivity contribution is -0.134. The van der Waals surface area contributed by atoms with Crippen LogP contribution < -0.4 is 4.74 Å². The van der Waals surface area contributed by atoms with Crippen LogP contribution in [0, 0.1) is 5.82 Å². The van der Waals surface area contributed by atoms with Crippen molar-refractivity contribution in [3.05, 3.63) is 60.2 Å². The van der Waals surface area contributed by atoms with Crippen LogP contribution in [0.3, 0.4) is 0 Å². The van der Waals surface area contributed by atoms with Gasteiger partial charge in [0.15, 0.2) is 6.61 Å². The van der Waals surface area contributed by atoms with Gasteiger partial charge >= 0.3 is 0 Å². The predicted octanol–water partition coefficient (Wildman–Crippen LogP) is 3.44. The maximum absolute atomic E-state index is 13.4. The number of H-pyrrole nitrogens is 1. The molecule has 0 radical (unpaired) electrons. The lowest BCUT2D eigenvalue weighted by Crippen LogP contribution is -2.34. The number of likely N-dealkylation sites (tertiary alicyclic amines) is 1. The summed E-state index contributed by atoms with van der Waals surface area (Å²) < 4.78 is 18.9. The van der Waals surface area contributed by atoms with E-state index in [1.807, 2.05) is 30.3 Å². The number of nitrogens with zero attached hydrogens (tertiary/aromatic N) is 2. The summed E-state index contributed by atoms with van der Waals surface area (Å²) in [5.74, 6) is 0.994. The van der Waals surface area contributed by atoms with Crippen molar-refractivity contribution in [1.82, 2.24) is 14.9 Å². The van der Waals surface area contributed by atoms with E-state index in [1.54, 1.807) is 11.0 Å². The van der Waals surface area contributed by atoms with Gasteiger partial charge in [0, 0.05) is 6.54 Å². The first-order chi connectivity index (χ1) is 12.2. The minimum absolute atomic E-state index is 0.00459. The van der Waals surface area contributed by atoms with E-state index in [1.165, 1.54) is 12.1 Å². The molecule has 0 bridgehead atoms. The molecule has 4 rings (SSSR count). The molecular formula is C19H18FN3O2. The molecule has 1 amide bonds. The zero-order valence-corrected chi connectivity index (χ0v) is 13.6. The van der Waals surface area contributed by atoms with Crippen LogP contribution in [0.2, 0.25) is 0 Å². The van der Waals surface area contributed by atoms with Crippen LogP contribution in [-0.2, 0) is 4.79 Å². The summed E-state index contributed by atoms with van der Waals surface area (Å²) in [6, 6.07) is 13.6. The molecule has 1 saturated heterocycles. The molecule has 128 valence electrons. The smallest absolute Gasteiger partial charge is 0.261 e. The van der Waals surface area contributed by atoms with Crippen LogP contribution in [0.4, 0.5) is 4.39 Å². The predicted molar refractivity (Wildman–Crippen MR) is 91.7 cm³/mol. The third kappa shape index (κ3) is 3.20. The summed E-state index contributed by atoms with van der Waals surface area (Å²) in [5.41, 5.74) is 1.35. The Bertz CT molecular complexity index is 894. The second kappa shape index (κ2) is 6.55. The number of amides is 1. The van der Waals surface area contributed by atoms with Gasteiger partial charge < -0.3 is 14.6 Å². The Morgan fingerprint density at radius 1 is 1.28 bits per heavy atom. The summed E-state index contributed by atoms with van der Waals surface area (Å²) in [4.78, 5) is 22.0. The minimum atomic E-state index is -0.307. The number of carbonyl (C=O) groups excluding carboxylic acids is 1. The van der Waals surface area contributed by atoms with Crippen LogP contribution in [0.25, 0.3) is 11.0 Å². The highest BCUT2D eigenvalue weighted by atomic mass is 19.1. The molecule has 0 spiro atoms. The van der Waals surface area contributed by atoms with Gasteiger partial charge in [-0.2, -0.15) is 0 Å². The number of imidazole rings is 1. The lowest BCUT2D eigenvalue weighted by atomic mass is 10.2. The van der Waals surface area contributed by atoms with Gasteiger partial charge in [-0.1, -0.05) is 18.2 Å². The Balaban J connectivity index is 1.50. The number of ether oxygens (including phenoxy) is 1. The summed E-state index contributed by atoms with van der Waals surface area (Å²) in [7, 11) is 0. The van der Waals surface area contributed by atoms with Crippen molar-refractivity contribution in [2.75, 3.05) is 13.2 Å². The molecule has 0 aliphatic carbocycles. The number of halogens is 1. The van der Waals surface area contributed by atoms with Gasteiger partial charge in [-0.25, -0.2) is 9.37 Å². The van der Waals surface area contributed by atoms with E-state index < -0.39 is 0 Å². The van der Waals surface area contributed by atoms with Gasteiger partial charge in [0.05, 0.1) is 17.1 Å². The van der Waals surface area contributed by atoms with E-state index >= 15 is 0 Å². The fraction of sp³-hybridized carbons (Fsp3) is 0.263. The molecule has 0 saturated carbocycles. The van der Waals surface area contributed by atoms with Gasteiger partial charge in [-0.15, -0.1) is 0 Å². The largest absolute Gasteiger partial charge is 0.484 e. The Labute approximate surface area is 144 Å². The zero-order chi connectivity index (χ0) is 17.2. The van der Waals surface area contributed by atoms with Crippen LogP contribution in [0.15, 0.2) is 48.5 Å². The average Bonchev–Trinajstić information content (AvgIpc) is 3.26. The Morgan fingerprint density at radius 3 is 2.96 bits per heavy atom. The van der Waals surface area contributed by atoms with E-state index in [0.29, 0.717) is 29.2 Å². The van der Waals surface area contributed by atoms with Crippen molar-refractivity contribution in [2.24, 2.45) is 0 Å². The molecule has 1 aliphatic heterocycles. The van der Waals surface area contributed by atoms with E-state index in [0.717, 1.165) is 12.8 Å². The number of rotatable bonds is 4. The molecule has 2 heterocycles. The number of hydrogen-bond acceptors (Lipinski definition) is 3. The number of aromatic nitrogens is 2. The first-order valence-electron chi connectivity index (χ1n) is 8.33. The molecule has 1 fully saturated rings. The molecule has 25 heavy (non-hydrogen) atoms. The Hall–Kier alpha value is -2.89. The number of benzene rings is 2. The number of carbonyl (C=O) groups is 1. The van der Waals surface area contributed by atoms with E-state index in [2.05, 4.69) is 9.97 Å². The van der Waals surface area contributed by atoms with Crippen molar-refractivity contribution in [1.29, 1.82) is 0 Å². The molecule has 1 N–H and O–H groups in total. The topological polar surface area (TPSA) is 58.2 Å². The van der Waals surface area contributed by atoms with Crippen molar-refractivity contribution in [3.8, 4) is 5.75 Å². The maximum Gasteiger partial charge on any atom is 0.261 e. The van der Waals surface area contributed by atoms with Gasteiger partial charge in [-0.05, 0) is 43.2 Å². The van der Waals surface area contributed by atoms with Gasteiger partial charge in [0.25, 0.3) is 5.91 Å². The summed E-state index contributed by atoms with van der Waals surface area (Å²) in [6.07, 6.45) is 1.74. The summed E-state index contributed by atoms with van der Waals surface area (Å²) in [5, 5.41) is 0. The quantitative estimate of drug-likeness (QED) is 0.792. The summed E-state index contributed by atoms with van der Waals surface area (Å²) >= 11 is 0. The highest BCUT2D eigenvalue weighted by Crippen LogP contribution is 2.31. The number of hydrogen-bond donors (Lipinski definition) is 1. The summed E-state index contributed by atoms with van der Waals surface area (Å²) in [6.45, 7) is 0.669. The van der Waals surface area contributed by atoms with E-state index in [9.17, 15) is 9.18 Å². The van der Waals surface area contributed by atoms with Crippen LogP contribution >= 0.6 is 0 Å². The van der Waals surface area contributed by atoms with Crippen LogP contribution in [0.5, 0.6) is 5.75 Å². The zero-order valence-electron chi connectivity index (χ0n) is 13.6. The van der Waals surface area contributed by atoms with Crippen molar-refractivity contribution < 1.29 is 13.9 Å².